The van der Waals surface area contributed by atoms with Crippen LogP contribution in [0.4, 0.5) is 0 Å². The summed E-state index contributed by atoms with van der Waals surface area (Å²) in [5.41, 5.74) is 0.975. The zero-order chi connectivity index (χ0) is 14.9. The molecule has 0 aromatic heterocycles. The number of halogens is 1. The van der Waals surface area contributed by atoms with Gasteiger partial charge in [0.15, 0.2) is 6.29 Å². The minimum atomic E-state index is -4.64. The molecule has 0 aliphatic carbocycles. The Balaban J connectivity index is 0.000000555. The molecule has 0 aliphatic heterocycles. The van der Waals surface area contributed by atoms with E-state index in [-0.39, 0.29) is 5.88 Å². The van der Waals surface area contributed by atoms with Crippen LogP contribution in [-0.2, 0) is 15.9 Å². The number of rotatable bonds is 5. The van der Waals surface area contributed by atoms with Gasteiger partial charge < -0.3 is 29.6 Å². The van der Waals surface area contributed by atoms with Gasteiger partial charge in [-0.05, 0) is 5.56 Å². The van der Waals surface area contributed by atoms with Crippen molar-refractivity contribution in [1.82, 2.24) is 0 Å². The maximum atomic E-state index is 8.88. The number of phosphoric acid groups is 1. The van der Waals surface area contributed by atoms with Gasteiger partial charge in [0.05, 0.1) is 12.5 Å². The van der Waals surface area contributed by atoms with Crippen molar-refractivity contribution < 1.29 is 34.2 Å². The van der Waals surface area contributed by atoms with Crippen molar-refractivity contribution in [3.8, 4) is 0 Å². The normalized spacial score (nSPS) is 12.8. The molecule has 0 radical (unpaired) electrons. The number of aliphatic hydroxyl groups excluding tert-OH is 1. The molecule has 0 fully saturated rings. The van der Waals surface area contributed by atoms with E-state index in [0.29, 0.717) is 6.61 Å². The highest BCUT2D eigenvalue weighted by Gasteiger charge is 2.15. The van der Waals surface area contributed by atoms with Gasteiger partial charge in [0.1, 0.15) is 6.10 Å². The van der Waals surface area contributed by atoms with Crippen LogP contribution in [0.3, 0.4) is 0 Å². The minimum Gasteiger partial charge on any atom is -0.367 e. The standard InChI is InChI=1S/C10H13ClO3.H3O4P/c11-6-9(10(12)13)14-7-8-4-2-1-3-5-8;1-5(2,3)4/h1-5,9-10,12-13H,6-7H2;(H3,1,2,3,4). The van der Waals surface area contributed by atoms with Crippen LogP contribution in [0.2, 0.25) is 0 Å². The summed E-state index contributed by atoms with van der Waals surface area (Å²) in [7, 11) is -4.64. The molecule has 9 heteroatoms. The van der Waals surface area contributed by atoms with Gasteiger partial charge in [-0.1, -0.05) is 30.3 Å². The zero-order valence-electron chi connectivity index (χ0n) is 9.83. The van der Waals surface area contributed by atoms with E-state index in [4.69, 9.17) is 45.8 Å². The highest BCUT2D eigenvalue weighted by molar-refractivity contribution is 7.45. The fraction of sp³-hybridized carbons (Fsp3) is 0.400. The summed E-state index contributed by atoms with van der Waals surface area (Å²) in [4.78, 5) is 21.6. The van der Waals surface area contributed by atoms with Gasteiger partial charge in [-0.3, -0.25) is 0 Å². The Morgan fingerprint density at radius 3 is 2.00 bits per heavy atom. The van der Waals surface area contributed by atoms with Crippen LogP contribution in [0.25, 0.3) is 0 Å². The van der Waals surface area contributed by atoms with Crippen molar-refractivity contribution in [2.75, 3.05) is 5.88 Å². The molecule has 5 N–H and O–H groups in total. The minimum absolute atomic E-state index is 0.0600. The van der Waals surface area contributed by atoms with E-state index in [1.54, 1.807) is 0 Å². The molecule has 110 valence electrons. The summed E-state index contributed by atoms with van der Waals surface area (Å²) in [6, 6.07) is 9.49. The van der Waals surface area contributed by atoms with E-state index >= 15 is 0 Å². The summed E-state index contributed by atoms with van der Waals surface area (Å²) in [5, 5.41) is 17.7. The molecule has 0 spiro atoms. The first kappa shape index (κ1) is 18.5. The Morgan fingerprint density at radius 2 is 1.63 bits per heavy atom. The van der Waals surface area contributed by atoms with Crippen molar-refractivity contribution >= 4 is 19.4 Å². The van der Waals surface area contributed by atoms with Gasteiger partial charge in [-0.15, -0.1) is 11.6 Å². The molecular formula is C10H16ClO7P. The average Bonchev–Trinajstić information content (AvgIpc) is 2.28. The molecule has 0 saturated carbocycles. The molecule has 1 rings (SSSR count). The van der Waals surface area contributed by atoms with Gasteiger partial charge in [0.25, 0.3) is 0 Å². The quantitative estimate of drug-likeness (QED) is 0.298. The topological polar surface area (TPSA) is 127 Å². The van der Waals surface area contributed by atoms with Gasteiger partial charge in [0.2, 0.25) is 0 Å². The third-order valence-corrected chi connectivity index (χ3v) is 2.10. The Bertz CT molecular complexity index is 372. The Labute approximate surface area is 115 Å². The first-order chi connectivity index (χ1) is 8.74. The largest absolute Gasteiger partial charge is 0.466 e. The van der Waals surface area contributed by atoms with Crippen LogP contribution in [0.5, 0.6) is 0 Å². The van der Waals surface area contributed by atoms with E-state index in [1.807, 2.05) is 30.3 Å². The fourth-order valence-electron chi connectivity index (χ4n) is 0.988. The Hall–Kier alpha value is -0.500. The van der Waals surface area contributed by atoms with Gasteiger partial charge in [-0.2, -0.15) is 0 Å². The molecule has 7 nitrogen and oxygen atoms in total. The molecule has 0 heterocycles. The number of hydrogen-bond acceptors (Lipinski definition) is 4. The predicted molar refractivity (Wildman–Crippen MR) is 68.2 cm³/mol. The highest BCUT2D eigenvalue weighted by Crippen LogP contribution is 2.25. The van der Waals surface area contributed by atoms with E-state index in [1.165, 1.54) is 0 Å². The third-order valence-electron chi connectivity index (χ3n) is 1.79. The Morgan fingerprint density at radius 1 is 1.16 bits per heavy atom. The number of aliphatic hydroxyl groups is 2. The monoisotopic (exact) mass is 314 g/mol. The Kier molecular flexibility index (Phi) is 9.16. The SMILES string of the molecule is O=P(O)(O)O.OC(O)C(CCl)OCc1ccccc1. The second-order valence-corrected chi connectivity index (χ2v) is 4.75. The second kappa shape index (κ2) is 9.41. The van der Waals surface area contributed by atoms with Gasteiger partial charge in [-0.25, -0.2) is 4.57 Å². The molecular weight excluding hydrogens is 299 g/mol. The van der Waals surface area contributed by atoms with Crippen LogP contribution in [0.1, 0.15) is 5.56 Å². The molecule has 0 amide bonds. The number of benzene rings is 1. The number of alkyl halides is 1. The maximum absolute atomic E-state index is 8.88. The van der Waals surface area contributed by atoms with E-state index < -0.39 is 20.2 Å². The number of ether oxygens (including phenoxy) is 1. The lowest BCUT2D eigenvalue weighted by Gasteiger charge is -2.16. The number of hydrogen-bond donors (Lipinski definition) is 5. The van der Waals surface area contributed by atoms with Crippen molar-refractivity contribution in [3.63, 3.8) is 0 Å². The second-order valence-electron chi connectivity index (χ2n) is 3.42. The summed E-state index contributed by atoms with van der Waals surface area (Å²) in [6.45, 7) is 0.329. The maximum Gasteiger partial charge on any atom is 0.466 e. The van der Waals surface area contributed by atoms with Crippen molar-refractivity contribution in [1.29, 1.82) is 0 Å². The fourth-order valence-corrected chi connectivity index (χ4v) is 1.24. The van der Waals surface area contributed by atoms with Crippen LogP contribution in [0, 0.1) is 0 Å². The van der Waals surface area contributed by atoms with Crippen molar-refractivity contribution in [2.24, 2.45) is 0 Å². The summed E-state index contributed by atoms with van der Waals surface area (Å²) in [5.74, 6) is 0.0600. The van der Waals surface area contributed by atoms with Crippen LogP contribution >= 0.6 is 19.4 Å². The predicted octanol–water partition coefficient (Wildman–Crippen LogP) is 0.193. The zero-order valence-corrected chi connectivity index (χ0v) is 11.5. The van der Waals surface area contributed by atoms with Crippen LogP contribution in [-0.4, -0.2) is 43.2 Å². The molecule has 19 heavy (non-hydrogen) atoms. The molecule has 0 saturated heterocycles. The summed E-state index contributed by atoms with van der Waals surface area (Å²) in [6.07, 6.45) is -2.27. The molecule has 1 unspecified atom stereocenters. The highest BCUT2D eigenvalue weighted by atomic mass is 35.5. The van der Waals surface area contributed by atoms with E-state index in [0.717, 1.165) is 5.56 Å². The lowest BCUT2D eigenvalue weighted by atomic mass is 10.2. The van der Waals surface area contributed by atoms with Crippen LogP contribution in [0.15, 0.2) is 30.3 Å². The molecule has 0 aliphatic rings. The lowest BCUT2D eigenvalue weighted by molar-refractivity contribution is -0.141. The van der Waals surface area contributed by atoms with Crippen molar-refractivity contribution in [2.45, 2.75) is 19.0 Å². The average molecular weight is 315 g/mol. The summed E-state index contributed by atoms with van der Waals surface area (Å²) >= 11 is 5.48. The summed E-state index contributed by atoms with van der Waals surface area (Å²) < 4.78 is 14.1. The van der Waals surface area contributed by atoms with Crippen LogP contribution < -0.4 is 0 Å². The van der Waals surface area contributed by atoms with Gasteiger partial charge in [0, 0.05) is 0 Å². The van der Waals surface area contributed by atoms with E-state index in [9.17, 15) is 0 Å². The van der Waals surface area contributed by atoms with Gasteiger partial charge >= 0.3 is 7.82 Å². The smallest absolute Gasteiger partial charge is 0.367 e. The first-order valence-corrected chi connectivity index (χ1v) is 7.20. The van der Waals surface area contributed by atoms with Crippen molar-refractivity contribution in [3.05, 3.63) is 35.9 Å². The third kappa shape index (κ3) is 12.3. The molecule has 0 bridgehead atoms. The first-order valence-electron chi connectivity index (χ1n) is 5.10. The molecule has 1 aromatic carbocycles. The lowest BCUT2D eigenvalue weighted by Crippen LogP contribution is -2.30. The van der Waals surface area contributed by atoms with E-state index in [2.05, 4.69) is 0 Å². The molecule has 1 atom stereocenters. The molecule has 1 aromatic rings.